The SMILES string of the molecule is OC1CN(CCn2ccnc2)CC1O. The molecule has 2 atom stereocenters. The lowest BCUT2D eigenvalue weighted by atomic mass is 10.3. The van der Waals surface area contributed by atoms with E-state index in [0.29, 0.717) is 13.1 Å². The maximum atomic E-state index is 9.31. The summed E-state index contributed by atoms with van der Waals surface area (Å²) in [5.41, 5.74) is 0. The van der Waals surface area contributed by atoms with Gasteiger partial charge in [0.25, 0.3) is 0 Å². The molecular formula is C9H15N3O2. The van der Waals surface area contributed by atoms with E-state index in [0.717, 1.165) is 13.1 Å². The lowest BCUT2D eigenvalue weighted by molar-refractivity contribution is 0.0572. The molecule has 2 unspecified atom stereocenters. The molecule has 2 heterocycles. The molecule has 0 aliphatic carbocycles. The molecule has 1 fully saturated rings. The summed E-state index contributed by atoms with van der Waals surface area (Å²) in [7, 11) is 0. The summed E-state index contributed by atoms with van der Waals surface area (Å²) in [4.78, 5) is 5.99. The molecule has 78 valence electrons. The Bertz CT molecular complexity index is 266. The van der Waals surface area contributed by atoms with Crippen LogP contribution in [0, 0.1) is 0 Å². The number of imidazole rings is 1. The molecule has 14 heavy (non-hydrogen) atoms. The number of likely N-dealkylation sites (tertiary alicyclic amines) is 1. The largest absolute Gasteiger partial charge is 0.389 e. The van der Waals surface area contributed by atoms with E-state index >= 15 is 0 Å². The first-order chi connectivity index (χ1) is 6.75. The van der Waals surface area contributed by atoms with Crippen LogP contribution in [0.2, 0.25) is 0 Å². The summed E-state index contributed by atoms with van der Waals surface area (Å²) in [5.74, 6) is 0. The van der Waals surface area contributed by atoms with E-state index in [1.54, 1.807) is 12.5 Å². The Hall–Kier alpha value is -0.910. The van der Waals surface area contributed by atoms with Gasteiger partial charge in [-0.15, -0.1) is 0 Å². The maximum Gasteiger partial charge on any atom is 0.0946 e. The summed E-state index contributed by atoms with van der Waals surface area (Å²) in [6, 6.07) is 0. The molecular weight excluding hydrogens is 182 g/mol. The Morgan fingerprint density at radius 1 is 1.21 bits per heavy atom. The van der Waals surface area contributed by atoms with Crippen molar-refractivity contribution >= 4 is 0 Å². The highest BCUT2D eigenvalue weighted by atomic mass is 16.3. The standard InChI is InChI=1S/C9H15N3O2/c13-8-5-12(6-9(8)14)4-3-11-2-1-10-7-11/h1-2,7-9,13-14H,3-6H2. The summed E-state index contributed by atoms with van der Waals surface area (Å²) in [6.45, 7) is 2.82. The van der Waals surface area contributed by atoms with Gasteiger partial charge in [-0.1, -0.05) is 0 Å². The molecule has 5 nitrogen and oxygen atoms in total. The summed E-state index contributed by atoms with van der Waals surface area (Å²) in [6.07, 6.45) is 4.25. The van der Waals surface area contributed by atoms with Gasteiger partial charge in [-0.05, 0) is 0 Å². The van der Waals surface area contributed by atoms with E-state index in [4.69, 9.17) is 0 Å². The van der Waals surface area contributed by atoms with Crippen molar-refractivity contribution in [1.82, 2.24) is 14.5 Å². The predicted molar refractivity (Wildman–Crippen MR) is 50.7 cm³/mol. The number of β-amino-alcohol motifs (C(OH)–C–C–N with tert-alkyl or cyclic N) is 2. The van der Waals surface area contributed by atoms with Crippen molar-refractivity contribution in [2.45, 2.75) is 18.8 Å². The second kappa shape index (κ2) is 4.08. The van der Waals surface area contributed by atoms with Crippen molar-refractivity contribution in [1.29, 1.82) is 0 Å². The van der Waals surface area contributed by atoms with E-state index < -0.39 is 12.2 Å². The van der Waals surface area contributed by atoms with Crippen LogP contribution in [-0.2, 0) is 6.54 Å². The van der Waals surface area contributed by atoms with Crippen molar-refractivity contribution in [2.75, 3.05) is 19.6 Å². The lowest BCUT2D eigenvalue weighted by Gasteiger charge is -2.14. The van der Waals surface area contributed by atoms with Crippen LogP contribution in [0.15, 0.2) is 18.7 Å². The van der Waals surface area contributed by atoms with Crippen LogP contribution in [0.3, 0.4) is 0 Å². The first-order valence-electron chi connectivity index (χ1n) is 4.80. The quantitative estimate of drug-likeness (QED) is 0.647. The van der Waals surface area contributed by atoms with Gasteiger partial charge >= 0.3 is 0 Å². The fourth-order valence-electron chi connectivity index (χ4n) is 1.71. The van der Waals surface area contributed by atoms with Crippen molar-refractivity contribution in [2.24, 2.45) is 0 Å². The van der Waals surface area contributed by atoms with Crippen LogP contribution in [0.4, 0.5) is 0 Å². The second-order valence-corrected chi connectivity index (χ2v) is 3.69. The molecule has 2 rings (SSSR count). The summed E-state index contributed by atoms with van der Waals surface area (Å²) in [5, 5.41) is 18.6. The normalized spacial score (nSPS) is 28.4. The molecule has 1 aliphatic rings. The minimum atomic E-state index is -0.585. The van der Waals surface area contributed by atoms with Gasteiger partial charge in [0.05, 0.1) is 18.5 Å². The molecule has 0 radical (unpaired) electrons. The van der Waals surface area contributed by atoms with Crippen LogP contribution >= 0.6 is 0 Å². The van der Waals surface area contributed by atoms with Crippen LogP contribution in [0.5, 0.6) is 0 Å². The third kappa shape index (κ3) is 2.12. The van der Waals surface area contributed by atoms with E-state index in [-0.39, 0.29) is 0 Å². The fraction of sp³-hybridized carbons (Fsp3) is 0.667. The Morgan fingerprint density at radius 2 is 1.93 bits per heavy atom. The van der Waals surface area contributed by atoms with Gasteiger partial charge in [-0.25, -0.2) is 4.98 Å². The zero-order valence-electron chi connectivity index (χ0n) is 7.95. The monoisotopic (exact) mass is 197 g/mol. The molecule has 0 bridgehead atoms. The average Bonchev–Trinajstić information content (AvgIpc) is 2.74. The molecule has 0 spiro atoms. The summed E-state index contributed by atoms with van der Waals surface area (Å²) < 4.78 is 1.98. The number of aliphatic hydroxyl groups excluding tert-OH is 2. The first-order valence-corrected chi connectivity index (χ1v) is 4.80. The number of aromatic nitrogens is 2. The first kappa shape index (κ1) is 9.64. The topological polar surface area (TPSA) is 61.5 Å². The minimum Gasteiger partial charge on any atom is -0.389 e. The van der Waals surface area contributed by atoms with E-state index in [9.17, 15) is 10.2 Å². The lowest BCUT2D eigenvalue weighted by Crippen LogP contribution is -2.26. The maximum absolute atomic E-state index is 9.31. The Balaban J connectivity index is 1.77. The molecule has 5 heteroatoms. The molecule has 1 aliphatic heterocycles. The number of hydrogen-bond acceptors (Lipinski definition) is 4. The zero-order valence-corrected chi connectivity index (χ0v) is 7.95. The van der Waals surface area contributed by atoms with Crippen LogP contribution in [0.25, 0.3) is 0 Å². The number of aliphatic hydroxyl groups is 2. The smallest absolute Gasteiger partial charge is 0.0946 e. The van der Waals surface area contributed by atoms with Gasteiger partial charge in [-0.2, -0.15) is 0 Å². The molecule has 0 amide bonds. The van der Waals surface area contributed by atoms with Crippen LogP contribution < -0.4 is 0 Å². The van der Waals surface area contributed by atoms with Crippen molar-refractivity contribution in [3.8, 4) is 0 Å². The number of hydrogen-bond donors (Lipinski definition) is 2. The van der Waals surface area contributed by atoms with Gasteiger partial charge in [-0.3, -0.25) is 4.90 Å². The van der Waals surface area contributed by atoms with Gasteiger partial charge < -0.3 is 14.8 Å². The highest BCUT2D eigenvalue weighted by Gasteiger charge is 2.28. The van der Waals surface area contributed by atoms with Crippen molar-refractivity contribution in [3.05, 3.63) is 18.7 Å². The Kier molecular flexibility index (Phi) is 2.81. The average molecular weight is 197 g/mol. The molecule has 2 N–H and O–H groups in total. The molecule has 0 saturated carbocycles. The summed E-state index contributed by atoms with van der Waals surface area (Å²) >= 11 is 0. The number of nitrogens with zero attached hydrogens (tertiary/aromatic N) is 3. The van der Waals surface area contributed by atoms with Gasteiger partial charge in [0.15, 0.2) is 0 Å². The molecule has 1 aromatic heterocycles. The fourth-order valence-corrected chi connectivity index (χ4v) is 1.71. The second-order valence-electron chi connectivity index (χ2n) is 3.69. The van der Waals surface area contributed by atoms with Gasteiger partial charge in [0, 0.05) is 38.6 Å². The Labute approximate surface area is 82.6 Å². The highest BCUT2D eigenvalue weighted by Crippen LogP contribution is 2.09. The van der Waals surface area contributed by atoms with Crippen LogP contribution in [-0.4, -0.2) is 56.5 Å². The van der Waals surface area contributed by atoms with Gasteiger partial charge in [0.1, 0.15) is 0 Å². The minimum absolute atomic E-state index is 0.565. The third-order valence-corrected chi connectivity index (χ3v) is 2.57. The highest BCUT2D eigenvalue weighted by molar-refractivity contribution is 4.83. The van der Waals surface area contributed by atoms with Gasteiger partial charge in [0.2, 0.25) is 0 Å². The van der Waals surface area contributed by atoms with Crippen molar-refractivity contribution in [3.63, 3.8) is 0 Å². The number of rotatable bonds is 3. The van der Waals surface area contributed by atoms with E-state index in [2.05, 4.69) is 9.88 Å². The predicted octanol–water partition coefficient (Wildman–Crippen LogP) is -1.08. The van der Waals surface area contributed by atoms with E-state index in [1.165, 1.54) is 0 Å². The van der Waals surface area contributed by atoms with Crippen LogP contribution in [0.1, 0.15) is 0 Å². The molecule has 1 aromatic rings. The van der Waals surface area contributed by atoms with Crippen molar-refractivity contribution < 1.29 is 10.2 Å². The molecule has 0 aromatic carbocycles. The zero-order chi connectivity index (χ0) is 9.97. The Morgan fingerprint density at radius 3 is 2.50 bits per heavy atom. The third-order valence-electron chi connectivity index (χ3n) is 2.57. The van der Waals surface area contributed by atoms with E-state index in [1.807, 2.05) is 10.8 Å². The molecule has 1 saturated heterocycles.